The Balaban J connectivity index is 2.32. The molecule has 1 aromatic carbocycles. The molecule has 1 aliphatic rings. The van der Waals surface area contributed by atoms with Crippen molar-refractivity contribution in [2.24, 2.45) is 0 Å². The van der Waals surface area contributed by atoms with Gasteiger partial charge in [-0.05, 0) is 18.1 Å². The van der Waals surface area contributed by atoms with Gasteiger partial charge in [0.1, 0.15) is 22.8 Å². The third-order valence-electron chi connectivity index (χ3n) is 3.20. The second-order valence-electron chi connectivity index (χ2n) is 4.41. The second kappa shape index (κ2) is 4.31. The first-order chi connectivity index (χ1) is 9.18. The Morgan fingerprint density at radius 2 is 1.79 bits per heavy atom. The number of aryl methyl sites for hydroxylation is 1. The molecule has 4 heteroatoms. The second-order valence-corrected chi connectivity index (χ2v) is 4.41. The minimum absolute atomic E-state index is 0.0420. The molecular formula is C15H12O4. The molecule has 96 valence electrons. The SMILES string of the molecule is O=c1oc2c(c(O)c1-c1ccccc1)C(O)=CCC2. The molecule has 2 aromatic rings. The molecule has 4 nitrogen and oxygen atoms in total. The van der Waals surface area contributed by atoms with Gasteiger partial charge < -0.3 is 14.6 Å². The van der Waals surface area contributed by atoms with E-state index in [4.69, 9.17) is 4.42 Å². The maximum atomic E-state index is 12.0. The number of aliphatic hydroxyl groups excluding tert-OH is 1. The Bertz CT molecular complexity index is 711. The van der Waals surface area contributed by atoms with Crippen molar-refractivity contribution in [1.82, 2.24) is 0 Å². The number of rotatable bonds is 1. The number of aliphatic hydroxyl groups is 1. The van der Waals surface area contributed by atoms with E-state index in [2.05, 4.69) is 0 Å². The topological polar surface area (TPSA) is 70.7 Å². The molecule has 0 saturated heterocycles. The van der Waals surface area contributed by atoms with Crippen molar-refractivity contribution < 1.29 is 14.6 Å². The van der Waals surface area contributed by atoms with E-state index in [0.717, 1.165) is 0 Å². The Labute approximate surface area is 109 Å². The van der Waals surface area contributed by atoms with E-state index in [1.165, 1.54) is 0 Å². The number of aromatic hydroxyl groups is 1. The van der Waals surface area contributed by atoms with Crippen LogP contribution < -0.4 is 5.63 Å². The highest BCUT2D eigenvalue weighted by atomic mass is 16.4. The number of hydrogen-bond donors (Lipinski definition) is 2. The van der Waals surface area contributed by atoms with Gasteiger partial charge in [0.2, 0.25) is 0 Å². The van der Waals surface area contributed by atoms with Crippen LogP contribution in [0.1, 0.15) is 17.7 Å². The summed E-state index contributed by atoms with van der Waals surface area (Å²) in [6.07, 6.45) is 2.69. The maximum absolute atomic E-state index is 12.0. The predicted octanol–water partition coefficient (Wildman–Crippen LogP) is 2.86. The lowest BCUT2D eigenvalue weighted by atomic mass is 9.97. The largest absolute Gasteiger partial charge is 0.507 e. The summed E-state index contributed by atoms with van der Waals surface area (Å²) in [5.41, 5.74) is 0.290. The molecule has 0 bridgehead atoms. The van der Waals surface area contributed by atoms with Crippen molar-refractivity contribution in [1.29, 1.82) is 0 Å². The summed E-state index contributed by atoms with van der Waals surface area (Å²) >= 11 is 0. The molecule has 0 fully saturated rings. The van der Waals surface area contributed by atoms with Gasteiger partial charge in [-0.2, -0.15) is 0 Å². The zero-order valence-electron chi connectivity index (χ0n) is 10.1. The van der Waals surface area contributed by atoms with Crippen LogP contribution in [0.5, 0.6) is 5.75 Å². The Morgan fingerprint density at radius 3 is 2.53 bits per heavy atom. The van der Waals surface area contributed by atoms with Crippen LogP contribution in [0, 0.1) is 0 Å². The van der Waals surface area contributed by atoms with Gasteiger partial charge in [0.05, 0.1) is 5.56 Å². The fourth-order valence-corrected chi connectivity index (χ4v) is 2.31. The molecule has 0 spiro atoms. The lowest BCUT2D eigenvalue weighted by Crippen LogP contribution is -2.11. The number of hydrogen-bond acceptors (Lipinski definition) is 4. The van der Waals surface area contributed by atoms with E-state index in [1.807, 2.05) is 6.07 Å². The summed E-state index contributed by atoms with van der Waals surface area (Å²) < 4.78 is 5.22. The molecule has 0 unspecified atom stereocenters. The van der Waals surface area contributed by atoms with Crippen LogP contribution in [0.15, 0.2) is 45.6 Å². The number of benzene rings is 1. The Morgan fingerprint density at radius 1 is 1.05 bits per heavy atom. The average molecular weight is 256 g/mol. The average Bonchev–Trinajstić information content (AvgIpc) is 2.39. The third-order valence-corrected chi connectivity index (χ3v) is 3.20. The summed E-state index contributed by atoms with van der Waals surface area (Å²) in [6, 6.07) is 8.77. The summed E-state index contributed by atoms with van der Waals surface area (Å²) in [6.45, 7) is 0. The van der Waals surface area contributed by atoms with Gasteiger partial charge in [0.25, 0.3) is 0 Å². The predicted molar refractivity (Wildman–Crippen MR) is 71.0 cm³/mol. The normalized spacial score (nSPS) is 13.8. The molecule has 1 aromatic heterocycles. The molecule has 0 amide bonds. The Kier molecular flexibility index (Phi) is 2.63. The first-order valence-electron chi connectivity index (χ1n) is 6.02. The first-order valence-corrected chi connectivity index (χ1v) is 6.02. The smallest absolute Gasteiger partial charge is 0.347 e. The summed E-state index contributed by atoms with van der Waals surface area (Å²) in [7, 11) is 0. The minimum atomic E-state index is -0.586. The van der Waals surface area contributed by atoms with Gasteiger partial charge in [-0.1, -0.05) is 30.3 Å². The number of fused-ring (bicyclic) bond motifs is 1. The third kappa shape index (κ3) is 1.81. The van der Waals surface area contributed by atoms with Gasteiger partial charge in [0.15, 0.2) is 0 Å². The standard InChI is InChI=1S/C15H12O4/c16-10-7-4-8-11-13(10)14(17)12(15(18)19-11)9-5-2-1-3-6-9/h1-3,5-7,16-17H,4,8H2. The molecule has 0 saturated carbocycles. The van der Waals surface area contributed by atoms with Gasteiger partial charge in [-0.25, -0.2) is 4.79 Å². The highest BCUT2D eigenvalue weighted by molar-refractivity contribution is 5.78. The van der Waals surface area contributed by atoms with Crippen molar-refractivity contribution in [2.75, 3.05) is 0 Å². The van der Waals surface area contributed by atoms with Gasteiger partial charge in [-0.15, -0.1) is 0 Å². The summed E-state index contributed by atoms with van der Waals surface area (Å²) in [4.78, 5) is 12.0. The van der Waals surface area contributed by atoms with E-state index < -0.39 is 5.63 Å². The minimum Gasteiger partial charge on any atom is -0.507 e. The first kappa shape index (κ1) is 11.6. The van der Waals surface area contributed by atoms with Gasteiger partial charge in [-0.3, -0.25) is 0 Å². The van der Waals surface area contributed by atoms with Crippen molar-refractivity contribution in [3.8, 4) is 16.9 Å². The molecular weight excluding hydrogens is 244 g/mol. The van der Waals surface area contributed by atoms with Crippen LogP contribution in [0.25, 0.3) is 16.9 Å². The van der Waals surface area contributed by atoms with Crippen molar-refractivity contribution in [3.63, 3.8) is 0 Å². The van der Waals surface area contributed by atoms with E-state index in [1.54, 1.807) is 30.3 Å². The van der Waals surface area contributed by atoms with Crippen molar-refractivity contribution >= 4 is 5.76 Å². The molecule has 1 aliphatic carbocycles. The Hall–Kier alpha value is -2.49. The molecule has 0 radical (unpaired) electrons. The van der Waals surface area contributed by atoms with Gasteiger partial charge in [0, 0.05) is 6.42 Å². The number of allylic oxidation sites excluding steroid dienone is 1. The lowest BCUT2D eigenvalue weighted by molar-refractivity contribution is 0.406. The van der Waals surface area contributed by atoms with E-state index in [0.29, 0.717) is 24.2 Å². The summed E-state index contributed by atoms with van der Waals surface area (Å²) in [5.74, 6) is 0.0766. The zero-order chi connectivity index (χ0) is 13.4. The fraction of sp³-hybridized carbons (Fsp3) is 0.133. The van der Waals surface area contributed by atoms with Crippen LogP contribution >= 0.6 is 0 Å². The quantitative estimate of drug-likeness (QED) is 0.823. The highest BCUT2D eigenvalue weighted by Crippen LogP contribution is 2.37. The van der Waals surface area contributed by atoms with Crippen LogP contribution in [-0.2, 0) is 6.42 Å². The van der Waals surface area contributed by atoms with Gasteiger partial charge >= 0.3 is 5.63 Å². The zero-order valence-corrected chi connectivity index (χ0v) is 10.1. The van der Waals surface area contributed by atoms with Crippen LogP contribution in [0.3, 0.4) is 0 Å². The maximum Gasteiger partial charge on any atom is 0.347 e. The molecule has 1 heterocycles. The van der Waals surface area contributed by atoms with Crippen molar-refractivity contribution in [2.45, 2.75) is 12.8 Å². The molecule has 0 aliphatic heterocycles. The van der Waals surface area contributed by atoms with E-state index in [-0.39, 0.29) is 22.6 Å². The van der Waals surface area contributed by atoms with Crippen LogP contribution in [-0.4, -0.2) is 10.2 Å². The lowest BCUT2D eigenvalue weighted by Gasteiger charge is -2.15. The van der Waals surface area contributed by atoms with Crippen LogP contribution in [0.4, 0.5) is 0 Å². The van der Waals surface area contributed by atoms with Crippen molar-refractivity contribution in [3.05, 3.63) is 58.2 Å². The fourth-order valence-electron chi connectivity index (χ4n) is 2.31. The highest BCUT2D eigenvalue weighted by Gasteiger charge is 2.24. The molecule has 2 N–H and O–H groups in total. The molecule has 19 heavy (non-hydrogen) atoms. The monoisotopic (exact) mass is 256 g/mol. The molecule has 0 atom stereocenters. The van der Waals surface area contributed by atoms with Crippen LogP contribution in [0.2, 0.25) is 0 Å². The van der Waals surface area contributed by atoms with E-state index in [9.17, 15) is 15.0 Å². The molecule has 3 rings (SSSR count). The van der Waals surface area contributed by atoms with E-state index >= 15 is 0 Å². The summed E-state index contributed by atoms with van der Waals surface area (Å²) in [5, 5.41) is 20.1.